The molecule has 0 saturated heterocycles. The van der Waals surface area contributed by atoms with E-state index in [9.17, 15) is 13.2 Å². The molecule has 1 aromatic rings. The van der Waals surface area contributed by atoms with Gasteiger partial charge in [-0.25, -0.2) is 13.1 Å². The molecular weight excluding hydrogens is 354 g/mol. The highest BCUT2D eigenvalue weighted by molar-refractivity contribution is 9.10. The van der Waals surface area contributed by atoms with E-state index >= 15 is 0 Å². The topological polar surface area (TPSA) is 72.5 Å². The second kappa shape index (κ2) is 6.14. The molecule has 0 aromatic carbocycles. The Kier molecular flexibility index (Phi) is 5.39. The van der Waals surface area contributed by atoms with Crippen LogP contribution in [-0.4, -0.2) is 33.4 Å². The maximum absolute atomic E-state index is 11.8. The third kappa shape index (κ3) is 3.92. The average molecular weight is 363 g/mol. The Bertz CT molecular complexity index is 501. The van der Waals surface area contributed by atoms with Crippen LogP contribution in [0.2, 0.25) is 0 Å². The Labute approximate surface area is 116 Å². The lowest BCUT2D eigenvalue weighted by atomic mass is 10.4. The number of carbonyl (C=O) groups is 1. The summed E-state index contributed by atoms with van der Waals surface area (Å²) in [6, 6.07) is 1.62. The maximum atomic E-state index is 11.8. The molecule has 1 aromatic heterocycles. The molecule has 0 aliphatic carbocycles. The number of halogens is 2. The van der Waals surface area contributed by atoms with Gasteiger partial charge in [-0.3, -0.25) is 4.79 Å². The van der Waals surface area contributed by atoms with Crippen molar-refractivity contribution in [2.45, 2.75) is 9.59 Å². The van der Waals surface area contributed by atoms with Gasteiger partial charge < -0.3 is 4.74 Å². The lowest BCUT2D eigenvalue weighted by Crippen LogP contribution is -2.34. The minimum atomic E-state index is -3.66. The molecule has 0 radical (unpaired) electrons. The number of carbonyl (C=O) groups excluding carboxylic acids is 1. The van der Waals surface area contributed by atoms with Crippen molar-refractivity contribution in [2.24, 2.45) is 0 Å². The second-order valence-electron chi connectivity index (χ2n) is 2.90. The van der Waals surface area contributed by atoms with E-state index in [-0.39, 0.29) is 10.8 Å². The molecule has 96 valence electrons. The van der Waals surface area contributed by atoms with Gasteiger partial charge in [0.2, 0.25) is 0 Å². The number of methoxy groups -OCH3 is 1. The van der Waals surface area contributed by atoms with Gasteiger partial charge in [0.1, 0.15) is 9.59 Å². The van der Waals surface area contributed by atoms with Gasteiger partial charge in [-0.2, -0.15) is 0 Å². The van der Waals surface area contributed by atoms with Crippen molar-refractivity contribution in [3.8, 4) is 0 Å². The standard InChI is InChI=1S/C8H9BrClNO4S2/c1-15-7(12)6(10)4-11-17(13,14)8-5(9)2-3-16-8/h2-3,6,11H,4H2,1H3. The first-order chi connectivity index (χ1) is 7.88. The summed E-state index contributed by atoms with van der Waals surface area (Å²) in [7, 11) is -2.47. The second-order valence-corrected chi connectivity index (χ2v) is 7.16. The summed E-state index contributed by atoms with van der Waals surface area (Å²) in [5.74, 6) is -0.681. The zero-order chi connectivity index (χ0) is 13.1. The summed E-state index contributed by atoms with van der Waals surface area (Å²) in [5.41, 5.74) is 0. The van der Waals surface area contributed by atoms with E-state index in [1.54, 1.807) is 11.4 Å². The average Bonchev–Trinajstić information content (AvgIpc) is 2.72. The van der Waals surface area contributed by atoms with Crippen molar-refractivity contribution in [1.82, 2.24) is 4.72 Å². The van der Waals surface area contributed by atoms with E-state index in [1.807, 2.05) is 0 Å². The number of sulfonamides is 1. The molecule has 0 aliphatic heterocycles. The summed E-state index contributed by atoms with van der Waals surface area (Å²) in [5, 5.41) is 0.588. The lowest BCUT2D eigenvalue weighted by molar-refractivity contribution is -0.140. The number of hydrogen-bond acceptors (Lipinski definition) is 5. The van der Waals surface area contributed by atoms with Gasteiger partial charge in [-0.15, -0.1) is 22.9 Å². The van der Waals surface area contributed by atoms with E-state index < -0.39 is 21.4 Å². The fraction of sp³-hybridized carbons (Fsp3) is 0.375. The van der Waals surface area contributed by atoms with Crippen LogP contribution >= 0.6 is 38.9 Å². The van der Waals surface area contributed by atoms with Crippen molar-refractivity contribution in [2.75, 3.05) is 13.7 Å². The highest BCUT2D eigenvalue weighted by Gasteiger charge is 2.23. The molecule has 1 unspecified atom stereocenters. The van der Waals surface area contributed by atoms with Crippen LogP contribution in [0.3, 0.4) is 0 Å². The minimum Gasteiger partial charge on any atom is -0.468 e. The zero-order valence-electron chi connectivity index (χ0n) is 8.64. The van der Waals surface area contributed by atoms with E-state index in [4.69, 9.17) is 11.6 Å². The Morgan fingerprint density at radius 2 is 2.35 bits per heavy atom. The van der Waals surface area contributed by atoms with Crippen LogP contribution in [0, 0.1) is 0 Å². The van der Waals surface area contributed by atoms with Gasteiger partial charge in [-0.05, 0) is 27.4 Å². The fourth-order valence-electron chi connectivity index (χ4n) is 0.931. The first-order valence-corrected chi connectivity index (χ1v) is 7.92. The first-order valence-electron chi connectivity index (χ1n) is 4.33. The molecule has 1 N–H and O–H groups in total. The Hall–Kier alpha value is -0.150. The summed E-state index contributed by atoms with van der Waals surface area (Å²) < 4.78 is 30.8. The normalized spacial score (nSPS) is 13.4. The molecule has 1 atom stereocenters. The van der Waals surface area contributed by atoms with Crippen molar-refractivity contribution < 1.29 is 17.9 Å². The van der Waals surface area contributed by atoms with Crippen molar-refractivity contribution >= 4 is 54.9 Å². The molecule has 9 heteroatoms. The fourth-order valence-corrected chi connectivity index (χ4v) is 4.62. The molecule has 0 saturated carbocycles. The van der Waals surface area contributed by atoms with Crippen LogP contribution in [0.4, 0.5) is 0 Å². The Morgan fingerprint density at radius 3 is 2.82 bits per heavy atom. The molecule has 0 amide bonds. The van der Waals surface area contributed by atoms with Gasteiger partial charge in [0.25, 0.3) is 10.0 Å². The van der Waals surface area contributed by atoms with E-state index in [1.165, 1.54) is 7.11 Å². The number of rotatable bonds is 5. The van der Waals surface area contributed by atoms with Crippen LogP contribution < -0.4 is 4.72 Å². The third-order valence-electron chi connectivity index (χ3n) is 1.74. The number of hydrogen-bond donors (Lipinski definition) is 1. The monoisotopic (exact) mass is 361 g/mol. The van der Waals surface area contributed by atoms with Crippen LogP contribution in [0.25, 0.3) is 0 Å². The quantitative estimate of drug-likeness (QED) is 0.637. The molecular formula is C8H9BrClNO4S2. The summed E-state index contributed by atoms with van der Waals surface area (Å²) >= 11 is 9.81. The lowest BCUT2D eigenvalue weighted by Gasteiger charge is -2.08. The minimum absolute atomic E-state index is 0.145. The smallest absolute Gasteiger partial charge is 0.325 e. The number of nitrogens with one attached hydrogen (secondary N) is 1. The first kappa shape index (κ1) is 14.9. The Balaban J connectivity index is 2.70. The zero-order valence-corrected chi connectivity index (χ0v) is 12.6. The SMILES string of the molecule is COC(=O)C(Cl)CNS(=O)(=O)c1sccc1Br. The van der Waals surface area contributed by atoms with Gasteiger partial charge >= 0.3 is 5.97 Å². The van der Waals surface area contributed by atoms with Gasteiger partial charge in [0, 0.05) is 11.0 Å². The van der Waals surface area contributed by atoms with E-state index in [0.717, 1.165) is 11.3 Å². The van der Waals surface area contributed by atoms with Crippen LogP contribution in [0.15, 0.2) is 20.1 Å². The van der Waals surface area contributed by atoms with Gasteiger partial charge in [0.15, 0.2) is 0 Å². The van der Waals surface area contributed by atoms with Gasteiger partial charge in [0.05, 0.1) is 7.11 Å². The summed E-state index contributed by atoms with van der Waals surface area (Å²) in [6.45, 7) is -0.221. The Morgan fingerprint density at radius 1 is 1.71 bits per heavy atom. The predicted octanol–water partition coefficient (Wildman–Crippen LogP) is 1.57. The molecule has 0 spiro atoms. The molecule has 1 heterocycles. The largest absolute Gasteiger partial charge is 0.468 e. The van der Waals surface area contributed by atoms with Crippen molar-refractivity contribution in [3.63, 3.8) is 0 Å². The van der Waals surface area contributed by atoms with E-state index in [2.05, 4.69) is 25.4 Å². The van der Waals surface area contributed by atoms with Crippen molar-refractivity contribution in [3.05, 3.63) is 15.9 Å². The van der Waals surface area contributed by atoms with Crippen LogP contribution in [-0.2, 0) is 19.6 Å². The number of esters is 1. The third-order valence-corrected chi connectivity index (χ3v) is 6.16. The summed E-state index contributed by atoms with van der Waals surface area (Å²) in [6.07, 6.45) is 0. The maximum Gasteiger partial charge on any atom is 0.325 e. The van der Waals surface area contributed by atoms with Crippen molar-refractivity contribution in [1.29, 1.82) is 0 Å². The van der Waals surface area contributed by atoms with Crippen LogP contribution in [0.5, 0.6) is 0 Å². The number of alkyl halides is 1. The highest BCUT2D eigenvalue weighted by atomic mass is 79.9. The molecule has 0 fully saturated rings. The molecule has 0 bridgehead atoms. The molecule has 17 heavy (non-hydrogen) atoms. The molecule has 1 rings (SSSR count). The van der Waals surface area contributed by atoms with E-state index in [0.29, 0.717) is 4.47 Å². The van der Waals surface area contributed by atoms with Gasteiger partial charge in [-0.1, -0.05) is 0 Å². The number of thiophene rings is 1. The number of ether oxygens (including phenoxy) is 1. The molecule has 0 aliphatic rings. The molecule has 5 nitrogen and oxygen atoms in total. The summed E-state index contributed by atoms with van der Waals surface area (Å²) in [4.78, 5) is 11.0. The predicted molar refractivity (Wildman–Crippen MR) is 68.9 cm³/mol. The highest BCUT2D eigenvalue weighted by Crippen LogP contribution is 2.27. The van der Waals surface area contributed by atoms with Crippen LogP contribution in [0.1, 0.15) is 0 Å².